The van der Waals surface area contributed by atoms with Crippen molar-refractivity contribution in [2.45, 2.75) is 64.6 Å². The smallest absolute Gasteiger partial charge is 0.0715 e. The van der Waals surface area contributed by atoms with Gasteiger partial charge in [-0.2, -0.15) is 0 Å². The molecular formula is C12H22O. The molecule has 0 heterocycles. The van der Waals surface area contributed by atoms with Crippen molar-refractivity contribution in [1.29, 1.82) is 0 Å². The molecule has 0 bridgehead atoms. The lowest BCUT2D eigenvalue weighted by molar-refractivity contribution is -0.0917. The number of hydrogen-bond acceptors (Lipinski definition) is 1. The van der Waals surface area contributed by atoms with E-state index < -0.39 is 0 Å². The van der Waals surface area contributed by atoms with E-state index in [1.54, 1.807) is 0 Å². The highest BCUT2D eigenvalue weighted by Crippen LogP contribution is 2.56. The first-order valence-corrected chi connectivity index (χ1v) is 5.71. The molecule has 0 aromatic heterocycles. The molecule has 0 aromatic carbocycles. The van der Waals surface area contributed by atoms with E-state index in [4.69, 9.17) is 4.74 Å². The lowest BCUT2D eigenvalue weighted by Crippen LogP contribution is -2.33. The largest absolute Gasteiger partial charge is 0.368 e. The Balaban J connectivity index is 1.98. The Morgan fingerprint density at radius 3 is 1.23 bits per heavy atom. The predicted molar refractivity (Wildman–Crippen MR) is 54.7 cm³/mol. The molecule has 1 heteroatoms. The quantitative estimate of drug-likeness (QED) is 0.647. The monoisotopic (exact) mass is 182 g/mol. The van der Waals surface area contributed by atoms with Gasteiger partial charge in [0.15, 0.2) is 0 Å². The fourth-order valence-corrected chi connectivity index (χ4v) is 2.25. The van der Waals surface area contributed by atoms with Crippen LogP contribution in [-0.4, -0.2) is 11.2 Å². The highest BCUT2D eigenvalue weighted by Gasteiger charge is 2.57. The van der Waals surface area contributed by atoms with Gasteiger partial charge in [-0.3, -0.25) is 0 Å². The van der Waals surface area contributed by atoms with Gasteiger partial charge in [-0.15, -0.1) is 0 Å². The molecule has 0 unspecified atom stereocenters. The van der Waals surface area contributed by atoms with Gasteiger partial charge in [0.25, 0.3) is 0 Å². The molecule has 0 N–H and O–H groups in total. The average Bonchev–Trinajstić information content (AvgIpc) is 2.86. The summed E-state index contributed by atoms with van der Waals surface area (Å²) in [6.07, 6.45) is 5.16. The minimum atomic E-state index is 0.279. The summed E-state index contributed by atoms with van der Waals surface area (Å²) in [5.41, 5.74) is 0.557. The molecule has 0 saturated heterocycles. The summed E-state index contributed by atoms with van der Waals surface area (Å²) < 4.78 is 6.37. The fourth-order valence-electron chi connectivity index (χ4n) is 2.25. The molecule has 0 aromatic rings. The zero-order chi connectivity index (χ0) is 9.69. The number of hydrogen-bond donors (Lipinski definition) is 0. The van der Waals surface area contributed by atoms with Crippen molar-refractivity contribution in [3.63, 3.8) is 0 Å². The van der Waals surface area contributed by atoms with Crippen molar-refractivity contribution in [1.82, 2.24) is 0 Å². The van der Waals surface area contributed by atoms with Gasteiger partial charge < -0.3 is 4.74 Å². The van der Waals surface area contributed by atoms with E-state index in [9.17, 15) is 0 Å². The lowest BCUT2D eigenvalue weighted by atomic mass is 10.0. The standard InChI is InChI=1S/C12H22O/c1-9(2)11(5-6-11)13-12(7-8-12)10(3)4/h9-10H,5-8H2,1-4H3. The first kappa shape index (κ1) is 9.51. The third-order valence-corrected chi connectivity index (χ3v) is 4.00. The minimum absolute atomic E-state index is 0.279. The molecule has 13 heavy (non-hydrogen) atoms. The van der Waals surface area contributed by atoms with Crippen LogP contribution in [0.25, 0.3) is 0 Å². The maximum Gasteiger partial charge on any atom is 0.0715 e. The van der Waals surface area contributed by atoms with Crippen molar-refractivity contribution in [2.24, 2.45) is 11.8 Å². The molecule has 1 nitrogen and oxygen atoms in total. The van der Waals surface area contributed by atoms with Gasteiger partial charge in [0, 0.05) is 0 Å². The van der Waals surface area contributed by atoms with E-state index in [1.807, 2.05) is 0 Å². The first-order chi connectivity index (χ1) is 6.01. The third kappa shape index (κ3) is 1.52. The second kappa shape index (κ2) is 2.73. The van der Waals surface area contributed by atoms with Gasteiger partial charge in [-0.25, -0.2) is 0 Å². The molecule has 0 spiro atoms. The van der Waals surface area contributed by atoms with Crippen molar-refractivity contribution >= 4 is 0 Å². The summed E-state index contributed by atoms with van der Waals surface area (Å²) in [6.45, 7) is 9.18. The van der Waals surface area contributed by atoms with Gasteiger partial charge in [-0.05, 0) is 37.5 Å². The Bertz CT molecular complexity index is 175. The molecule has 2 fully saturated rings. The molecule has 0 radical (unpaired) electrons. The van der Waals surface area contributed by atoms with Crippen molar-refractivity contribution < 1.29 is 4.74 Å². The van der Waals surface area contributed by atoms with Gasteiger partial charge in [0.1, 0.15) is 0 Å². The van der Waals surface area contributed by atoms with Crippen molar-refractivity contribution in [3.8, 4) is 0 Å². The number of ether oxygens (including phenoxy) is 1. The van der Waals surface area contributed by atoms with Crippen LogP contribution in [0, 0.1) is 11.8 Å². The molecule has 2 rings (SSSR count). The van der Waals surface area contributed by atoms with Crippen LogP contribution < -0.4 is 0 Å². The van der Waals surface area contributed by atoms with Gasteiger partial charge in [0.2, 0.25) is 0 Å². The lowest BCUT2D eigenvalue weighted by Gasteiger charge is -2.30. The van der Waals surface area contributed by atoms with Gasteiger partial charge in [0.05, 0.1) is 11.2 Å². The molecule has 0 aliphatic heterocycles. The molecule has 2 aliphatic carbocycles. The summed E-state index contributed by atoms with van der Waals surface area (Å²) in [4.78, 5) is 0. The van der Waals surface area contributed by atoms with E-state index in [0.717, 1.165) is 0 Å². The topological polar surface area (TPSA) is 9.23 Å². The van der Waals surface area contributed by atoms with E-state index in [-0.39, 0.29) is 11.2 Å². The fraction of sp³-hybridized carbons (Fsp3) is 1.00. The zero-order valence-corrected chi connectivity index (χ0v) is 9.39. The Labute approximate surface area is 81.9 Å². The van der Waals surface area contributed by atoms with Crippen molar-refractivity contribution in [2.75, 3.05) is 0 Å². The summed E-state index contributed by atoms with van der Waals surface area (Å²) in [7, 11) is 0. The maximum absolute atomic E-state index is 6.37. The summed E-state index contributed by atoms with van der Waals surface area (Å²) in [5.74, 6) is 1.40. The predicted octanol–water partition coefficient (Wildman–Crippen LogP) is 3.38. The van der Waals surface area contributed by atoms with E-state index in [2.05, 4.69) is 27.7 Å². The van der Waals surface area contributed by atoms with Gasteiger partial charge in [-0.1, -0.05) is 27.7 Å². The van der Waals surface area contributed by atoms with E-state index in [1.165, 1.54) is 25.7 Å². The second-order valence-electron chi connectivity index (χ2n) is 5.54. The number of rotatable bonds is 4. The van der Waals surface area contributed by atoms with Crippen LogP contribution >= 0.6 is 0 Å². The summed E-state index contributed by atoms with van der Waals surface area (Å²) in [6, 6.07) is 0. The molecule has 0 atom stereocenters. The summed E-state index contributed by atoms with van der Waals surface area (Å²) in [5, 5.41) is 0. The normalized spacial score (nSPS) is 28.2. The Kier molecular flexibility index (Phi) is 1.99. The average molecular weight is 182 g/mol. The maximum atomic E-state index is 6.37. The van der Waals surface area contributed by atoms with Crippen LogP contribution in [0.15, 0.2) is 0 Å². The van der Waals surface area contributed by atoms with Crippen LogP contribution in [0.5, 0.6) is 0 Å². The van der Waals surface area contributed by atoms with Crippen LogP contribution in [-0.2, 0) is 4.74 Å². The van der Waals surface area contributed by atoms with E-state index in [0.29, 0.717) is 11.8 Å². The molecule has 2 saturated carbocycles. The van der Waals surface area contributed by atoms with Gasteiger partial charge >= 0.3 is 0 Å². The highest BCUT2D eigenvalue weighted by atomic mass is 16.5. The molecule has 76 valence electrons. The summed E-state index contributed by atoms with van der Waals surface area (Å²) >= 11 is 0. The minimum Gasteiger partial charge on any atom is -0.368 e. The zero-order valence-electron chi connectivity index (χ0n) is 9.39. The second-order valence-corrected chi connectivity index (χ2v) is 5.54. The van der Waals surface area contributed by atoms with Crippen molar-refractivity contribution in [3.05, 3.63) is 0 Å². The van der Waals surface area contributed by atoms with E-state index >= 15 is 0 Å². The molecule has 0 amide bonds. The Hall–Kier alpha value is -0.0400. The SMILES string of the molecule is CC(C)C1(OC2(C(C)C)CC2)CC1. The molecular weight excluding hydrogens is 160 g/mol. The Morgan fingerprint density at radius 2 is 1.08 bits per heavy atom. The van der Waals surface area contributed by atoms with Crippen LogP contribution in [0.1, 0.15) is 53.4 Å². The van der Waals surface area contributed by atoms with Crippen LogP contribution in [0.4, 0.5) is 0 Å². The third-order valence-electron chi connectivity index (χ3n) is 4.00. The Morgan fingerprint density at radius 1 is 0.769 bits per heavy atom. The molecule has 2 aliphatic rings. The van der Waals surface area contributed by atoms with Crippen LogP contribution in [0.3, 0.4) is 0 Å². The first-order valence-electron chi connectivity index (χ1n) is 5.71. The van der Waals surface area contributed by atoms with Crippen LogP contribution in [0.2, 0.25) is 0 Å². The highest BCUT2D eigenvalue weighted by molar-refractivity contribution is 5.07.